The van der Waals surface area contributed by atoms with Crippen LogP contribution >= 0.6 is 23.1 Å². The average molecular weight is 450 g/mol. The number of aromatic nitrogens is 2. The van der Waals surface area contributed by atoms with Gasteiger partial charge in [-0.25, -0.2) is 14.4 Å². The molecular weight excluding hydrogens is 425 g/mol. The number of imide groups is 1. The van der Waals surface area contributed by atoms with Crippen molar-refractivity contribution in [2.75, 3.05) is 49.9 Å². The number of rotatable bonds is 6. The average Bonchev–Trinajstić information content (AvgIpc) is 3.09. The summed E-state index contributed by atoms with van der Waals surface area (Å²) in [4.78, 5) is 40.2. The van der Waals surface area contributed by atoms with E-state index in [4.69, 9.17) is 0 Å². The molecule has 1 saturated heterocycles. The van der Waals surface area contributed by atoms with Gasteiger partial charge in [-0.1, -0.05) is 0 Å². The molecule has 30 heavy (non-hydrogen) atoms. The van der Waals surface area contributed by atoms with Gasteiger partial charge in [-0.15, -0.1) is 23.1 Å². The van der Waals surface area contributed by atoms with Crippen LogP contribution in [0.15, 0.2) is 22.7 Å². The first kappa shape index (κ1) is 21.2. The molecule has 160 valence electrons. The fraction of sp³-hybridized carbons (Fsp3) is 0.500. The Balaban J connectivity index is 1.22. The van der Waals surface area contributed by atoms with Gasteiger partial charge in [-0.2, -0.15) is 0 Å². The molecule has 4 rings (SSSR count). The van der Waals surface area contributed by atoms with Gasteiger partial charge in [-0.05, 0) is 32.4 Å². The first-order chi connectivity index (χ1) is 14.5. The second-order valence-electron chi connectivity index (χ2n) is 7.43. The van der Waals surface area contributed by atoms with Crippen LogP contribution in [0.4, 0.5) is 10.3 Å². The lowest BCUT2D eigenvalue weighted by Gasteiger charge is -2.34. The summed E-state index contributed by atoms with van der Waals surface area (Å²) in [7, 11) is 0. The number of thioether (sulfide) groups is 1. The lowest BCUT2D eigenvalue weighted by molar-refractivity contribution is -0.125. The van der Waals surface area contributed by atoms with Gasteiger partial charge in [0.15, 0.2) is 5.82 Å². The zero-order valence-electron chi connectivity index (χ0n) is 16.8. The van der Waals surface area contributed by atoms with Gasteiger partial charge in [-0.3, -0.25) is 19.4 Å². The lowest BCUT2D eigenvalue weighted by Crippen LogP contribution is -2.47. The van der Waals surface area contributed by atoms with Gasteiger partial charge in [0.25, 0.3) is 5.91 Å². The first-order valence-electron chi connectivity index (χ1n) is 10.0. The summed E-state index contributed by atoms with van der Waals surface area (Å²) in [5.41, 5.74) is 0.674. The number of fused-ring (bicyclic) bond motifs is 1. The number of carbonyl (C=O) groups is 2. The molecule has 2 amide bonds. The number of nitrogens with zero attached hydrogens (tertiary/aromatic N) is 5. The summed E-state index contributed by atoms with van der Waals surface area (Å²) in [5, 5.41) is 0. The van der Waals surface area contributed by atoms with E-state index in [0.717, 1.165) is 54.7 Å². The van der Waals surface area contributed by atoms with Gasteiger partial charge in [0.05, 0.1) is 27.9 Å². The predicted molar refractivity (Wildman–Crippen MR) is 116 cm³/mol. The Morgan fingerprint density at radius 1 is 1.07 bits per heavy atom. The van der Waals surface area contributed by atoms with Crippen LogP contribution in [0.1, 0.15) is 28.1 Å². The highest BCUT2D eigenvalue weighted by molar-refractivity contribution is 8.01. The van der Waals surface area contributed by atoms with E-state index in [2.05, 4.69) is 19.8 Å². The maximum atomic E-state index is 13.0. The number of anilines is 1. The van der Waals surface area contributed by atoms with Crippen molar-refractivity contribution in [3.8, 4) is 0 Å². The van der Waals surface area contributed by atoms with Crippen molar-refractivity contribution in [2.45, 2.75) is 24.0 Å². The highest BCUT2D eigenvalue weighted by Crippen LogP contribution is 2.35. The molecule has 2 aromatic heterocycles. The molecular formula is C20H24FN5O2S2. The summed E-state index contributed by atoms with van der Waals surface area (Å²) in [6.07, 6.45) is 4.10. The van der Waals surface area contributed by atoms with Crippen LogP contribution in [0, 0.1) is 12.7 Å². The van der Waals surface area contributed by atoms with E-state index >= 15 is 0 Å². The van der Waals surface area contributed by atoms with Gasteiger partial charge in [0.1, 0.15) is 0 Å². The summed E-state index contributed by atoms with van der Waals surface area (Å²) in [6.45, 7) is 6.74. The molecule has 2 aliphatic heterocycles. The maximum absolute atomic E-state index is 13.0. The minimum absolute atomic E-state index is 0.0982. The van der Waals surface area contributed by atoms with Crippen LogP contribution in [0.5, 0.6) is 0 Å². The molecule has 0 unspecified atom stereocenters. The van der Waals surface area contributed by atoms with Crippen molar-refractivity contribution in [3.05, 3.63) is 34.7 Å². The molecule has 0 radical (unpaired) electrons. The van der Waals surface area contributed by atoms with Gasteiger partial charge >= 0.3 is 0 Å². The predicted octanol–water partition coefficient (Wildman–Crippen LogP) is 2.66. The van der Waals surface area contributed by atoms with Crippen LogP contribution in [-0.4, -0.2) is 76.6 Å². The minimum atomic E-state index is -0.428. The highest BCUT2D eigenvalue weighted by Gasteiger charge is 2.30. The minimum Gasteiger partial charge on any atom is -0.338 e. The van der Waals surface area contributed by atoms with Crippen LogP contribution in [0.3, 0.4) is 0 Å². The van der Waals surface area contributed by atoms with E-state index in [-0.39, 0.29) is 11.8 Å². The summed E-state index contributed by atoms with van der Waals surface area (Å²) in [5.74, 6) is 0.209. The third-order valence-corrected chi connectivity index (χ3v) is 7.61. The fourth-order valence-corrected chi connectivity index (χ4v) is 5.93. The number of hydrogen-bond acceptors (Lipinski definition) is 8. The molecule has 4 heterocycles. The van der Waals surface area contributed by atoms with Crippen molar-refractivity contribution in [3.63, 3.8) is 0 Å². The van der Waals surface area contributed by atoms with Crippen LogP contribution in [-0.2, 0) is 4.79 Å². The van der Waals surface area contributed by atoms with Crippen molar-refractivity contribution in [1.82, 2.24) is 19.8 Å². The molecule has 0 atom stereocenters. The third-order valence-electron chi connectivity index (χ3n) is 5.29. The number of hydrogen-bond donors (Lipinski definition) is 0. The standard InChI is InChI=1S/C20H24FN5O2S2/c1-14-10-16-18(28)26(17(27)13-29-19(16)30-14)5-3-2-4-24-6-8-25(9-7-24)20-22-11-15(21)12-23-20/h10-12H,2-9,13H2,1H3. The number of halogens is 1. The number of amides is 2. The lowest BCUT2D eigenvalue weighted by atomic mass is 10.2. The molecule has 2 aliphatic rings. The first-order valence-corrected chi connectivity index (χ1v) is 11.8. The van der Waals surface area contributed by atoms with E-state index in [9.17, 15) is 14.0 Å². The quantitative estimate of drug-likeness (QED) is 0.496. The largest absolute Gasteiger partial charge is 0.338 e. The molecule has 10 heteroatoms. The zero-order valence-corrected chi connectivity index (χ0v) is 18.5. The molecule has 0 spiro atoms. The van der Waals surface area contributed by atoms with E-state index in [0.29, 0.717) is 23.8 Å². The van der Waals surface area contributed by atoms with Crippen molar-refractivity contribution in [1.29, 1.82) is 0 Å². The Morgan fingerprint density at radius 3 is 2.50 bits per heavy atom. The van der Waals surface area contributed by atoms with E-state index in [1.54, 1.807) is 11.3 Å². The molecule has 0 N–H and O–H groups in total. The number of unbranched alkanes of at least 4 members (excludes halogenated alkanes) is 1. The Bertz CT molecular complexity index is 912. The molecule has 0 aliphatic carbocycles. The van der Waals surface area contributed by atoms with Gasteiger partial charge in [0, 0.05) is 37.6 Å². The van der Waals surface area contributed by atoms with Crippen molar-refractivity contribution in [2.24, 2.45) is 0 Å². The van der Waals surface area contributed by atoms with E-state index in [1.807, 2.05) is 13.0 Å². The molecule has 0 saturated carbocycles. The summed E-state index contributed by atoms with van der Waals surface area (Å²) < 4.78 is 13.9. The highest BCUT2D eigenvalue weighted by atomic mass is 32.2. The van der Waals surface area contributed by atoms with E-state index in [1.165, 1.54) is 29.1 Å². The molecule has 0 aromatic carbocycles. The topological polar surface area (TPSA) is 69.6 Å². The molecule has 7 nitrogen and oxygen atoms in total. The Kier molecular flexibility index (Phi) is 6.64. The normalized spacial score (nSPS) is 17.9. The van der Waals surface area contributed by atoms with Crippen LogP contribution < -0.4 is 4.90 Å². The zero-order chi connectivity index (χ0) is 21.1. The summed E-state index contributed by atoms with van der Waals surface area (Å²) >= 11 is 3.05. The fourth-order valence-electron chi connectivity index (χ4n) is 3.68. The van der Waals surface area contributed by atoms with Gasteiger partial charge in [0.2, 0.25) is 11.9 Å². The SMILES string of the molecule is Cc1cc2c(s1)SCC(=O)N(CCCCN1CCN(c3ncc(F)cn3)CC1)C2=O. The number of piperazine rings is 1. The Labute approximate surface area is 183 Å². The van der Waals surface area contributed by atoms with Crippen molar-refractivity contribution >= 4 is 40.9 Å². The second kappa shape index (κ2) is 9.40. The number of carbonyl (C=O) groups excluding carboxylic acids is 2. The van der Waals surface area contributed by atoms with Crippen molar-refractivity contribution < 1.29 is 14.0 Å². The third kappa shape index (κ3) is 4.81. The van der Waals surface area contributed by atoms with E-state index < -0.39 is 5.82 Å². The monoisotopic (exact) mass is 449 g/mol. The number of thiophene rings is 1. The maximum Gasteiger partial charge on any atom is 0.262 e. The van der Waals surface area contributed by atoms with Crippen LogP contribution in [0.2, 0.25) is 0 Å². The Morgan fingerprint density at radius 2 is 1.77 bits per heavy atom. The van der Waals surface area contributed by atoms with Crippen LogP contribution in [0.25, 0.3) is 0 Å². The van der Waals surface area contributed by atoms with Gasteiger partial charge < -0.3 is 4.90 Å². The molecule has 2 aromatic rings. The molecule has 0 bridgehead atoms. The summed E-state index contributed by atoms with van der Waals surface area (Å²) in [6, 6.07) is 1.89. The Hall–Kier alpha value is -2.04. The second-order valence-corrected chi connectivity index (χ2v) is 9.93. The smallest absolute Gasteiger partial charge is 0.262 e. The molecule has 1 fully saturated rings. The number of aryl methyl sites for hydroxylation is 1.